The average Bonchev–Trinajstić information content (AvgIpc) is 3.00. The maximum atomic E-state index is 12.5. The van der Waals surface area contributed by atoms with Gasteiger partial charge in [0, 0.05) is 29.4 Å². The highest BCUT2D eigenvalue weighted by atomic mass is 35.5. The van der Waals surface area contributed by atoms with Crippen molar-refractivity contribution in [1.82, 2.24) is 0 Å². The molecule has 126 valence electrons. The number of nitrogens with one attached hydrogen (secondary N) is 1. The van der Waals surface area contributed by atoms with Crippen LogP contribution in [0.4, 0.5) is 11.4 Å². The maximum Gasteiger partial charge on any atom is 0.229 e. The molecule has 0 bridgehead atoms. The lowest BCUT2D eigenvalue weighted by atomic mass is 10.1. The zero-order valence-electron chi connectivity index (χ0n) is 13.6. The largest absolute Gasteiger partial charge is 0.325 e. The van der Waals surface area contributed by atoms with Gasteiger partial charge in [-0.1, -0.05) is 17.7 Å². The molecule has 2 aromatic carbocycles. The molecule has 1 atom stereocenters. The van der Waals surface area contributed by atoms with Gasteiger partial charge in [0.25, 0.3) is 0 Å². The number of halogens is 1. The molecular weight excluding hydrogens is 338 g/mol. The molecule has 1 N–H and O–H groups in total. The normalized spacial score (nSPS) is 16.6. The van der Waals surface area contributed by atoms with Gasteiger partial charge in [0.1, 0.15) is 0 Å². The Morgan fingerprint density at radius 3 is 2.68 bits per heavy atom. The molecule has 6 heteroatoms. The van der Waals surface area contributed by atoms with Gasteiger partial charge in [0.15, 0.2) is 0 Å². The second kappa shape index (κ2) is 6.96. The van der Waals surface area contributed by atoms with Gasteiger partial charge >= 0.3 is 0 Å². The van der Waals surface area contributed by atoms with Gasteiger partial charge in [-0.2, -0.15) is 5.26 Å². The maximum absolute atomic E-state index is 12.5. The van der Waals surface area contributed by atoms with E-state index in [0.717, 1.165) is 5.56 Å². The fraction of sp³-hybridized carbons (Fsp3) is 0.211. The van der Waals surface area contributed by atoms with Gasteiger partial charge < -0.3 is 10.2 Å². The molecule has 0 saturated carbocycles. The van der Waals surface area contributed by atoms with Gasteiger partial charge in [-0.25, -0.2) is 0 Å². The Bertz CT molecular complexity index is 871. The van der Waals surface area contributed by atoms with E-state index in [-0.39, 0.29) is 18.2 Å². The second-order valence-electron chi connectivity index (χ2n) is 6.01. The zero-order valence-corrected chi connectivity index (χ0v) is 14.4. The summed E-state index contributed by atoms with van der Waals surface area (Å²) in [5.74, 6) is -0.732. The molecule has 2 aromatic rings. The third-order valence-electron chi connectivity index (χ3n) is 4.26. The highest BCUT2D eigenvalue weighted by Crippen LogP contribution is 2.27. The van der Waals surface area contributed by atoms with Crippen LogP contribution < -0.4 is 10.2 Å². The van der Waals surface area contributed by atoms with Gasteiger partial charge in [0.2, 0.25) is 11.8 Å². The fourth-order valence-electron chi connectivity index (χ4n) is 2.81. The fourth-order valence-corrected chi connectivity index (χ4v) is 2.98. The number of carbonyl (C=O) groups excluding carboxylic acids is 2. The van der Waals surface area contributed by atoms with Crippen molar-refractivity contribution in [2.75, 3.05) is 16.8 Å². The number of amides is 2. The molecule has 5 nitrogen and oxygen atoms in total. The monoisotopic (exact) mass is 353 g/mol. The minimum Gasteiger partial charge on any atom is -0.325 e. The van der Waals surface area contributed by atoms with Gasteiger partial charge in [-0.05, 0) is 48.9 Å². The minimum absolute atomic E-state index is 0.104. The number of carbonyl (C=O) groups is 2. The van der Waals surface area contributed by atoms with Crippen molar-refractivity contribution >= 4 is 34.8 Å². The van der Waals surface area contributed by atoms with Crippen LogP contribution in [0.5, 0.6) is 0 Å². The van der Waals surface area contributed by atoms with Crippen molar-refractivity contribution in [3.63, 3.8) is 0 Å². The Morgan fingerprint density at radius 1 is 1.28 bits per heavy atom. The van der Waals surface area contributed by atoms with Crippen LogP contribution in [0.15, 0.2) is 42.5 Å². The number of rotatable bonds is 3. The summed E-state index contributed by atoms with van der Waals surface area (Å²) in [6.07, 6.45) is 0.158. The van der Waals surface area contributed by atoms with E-state index in [1.165, 1.54) is 0 Å². The standard InChI is InChI=1S/C19H16ClN3O2/c1-12-2-5-15(20)9-17(12)22-19(25)14-8-18(24)23(11-14)16-6-3-13(10-21)4-7-16/h2-7,9,14H,8,11H2,1H3,(H,22,25). The minimum atomic E-state index is -0.429. The van der Waals surface area contributed by atoms with Gasteiger partial charge in [-0.15, -0.1) is 0 Å². The Kier molecular flexibility index (Phi) is 4.73. The van der Waals surface area contributed by atoms with Crippen molar-refractivity contribution in [2.24, 2.45) is 5.92 Å². The SMILES string of the molecule is Cc1ccc(Cl)cc1NC(=O)C1CC(=O)N(c2ccc(C#N)cc2)C1. The van der Waals surface area contributed by atoms with E-state index in [9.17, 15) is 9.59 Å². The van der Waals surface area contributed by atoms with Crippen LogP contribution in [-0.4, -0.2) is 18.4 Å². The number of hydrogen-bond donors (Lipinski definition) is 1. The first-order chi connectivity index (χ1) is 12.0. The summed E-state index contributed by atoms with van der Waals surface area (Å²) in [7, 11) is 0. The lowest BCUT2D eigenvalue weighted by Crippen LogP contribution is -2.28. The molecule has 3 rings (SSSR count). The van der Waals surface area contributed by atoms with E-state index >= 15 is 0 Å². The lowest BCUT2D eigenvalue weighted by Gasteiger charge is -2.17. The molecule has 0 radical (unpaired) electrons. The Labute approximate surface area is 150 Å². The molecule has 25 heavy (non-hydrogen) atoms. The van der Waals surface area contributed by atoms with Crippen molar-refractivity contribution in [2.45, 2.75) is 13.3 Å². The highest BCUT2D eigenvalue weighted by molar-refractivity contribution is 6.31. The smallest absolute Gasteiger partial charge is 0.229 e. The van der Waals surface area contributed by atoms with Crippen LogP contribution in [0.1, 0.15) is 17.5 Å². The first-order valence-corrected chi connectivity index (χ1v) is 8.23. The molecule has 1 unspecified atom stereocenters. The Balaban J connectivity index is 1.72. The quantitative estimate of drug-likeness (QED) is 0.917. The first-order valence-electron chi connectivity index (χ1n) is 7.85. The molecule has 0 aliphatic carbocycles. The first kappa shape index (κ1) is 17.0. The number of benzene rings is 2. The summed E-state index contributed by atoms with van der Waals surface area (Å²) in [6.45, 7) is 2.20. The average molecular weight is 354 g/mol. The summed E-state index contributed by atoms with van der Waals surface area (Å²) >= 11 is 5.97. The van der Waals surface area contributed by atoms with E-state index in [4.69, 9.17) is 16.9 Å². The van der Waals surface area contributed by atoms with Crippen LogP contribution >= 0.6 is 11.6 Å². The van der Waals surface area contributed by atoms with Crippen LogP contribution in [0.2, 0.25) is 5.02 Å². The molecule has 0 aromatic heterocycles. The predicted octanol–water partition coefficient (Wildman–Crippen LogP) is 3.51. The van der Waals surface area contributed by atoms with E-state index in [2.05, 4.69) is 5.32 Å². The number of hydrogen-bond acceptors (Lipinski definition) is 3. The summed E-state index contributed by atoms with van der Waals surface area (Å²) in [4.78, 5) is 26.4. The van der Waals surface area contributed by atoms with Crippen LogP contribution in [0, 0.1) is 24.2 Å². The van der Waals surface area contributed by atoms with Crippen molar-refractivity contribution in [3.8, 4) is 6.07 Å². The van der Waals surface area contributed by atoms with E-state index in [1.54, 1.807) is 41.3 Å². The summed E-state index contributed by atoms with van der Waals surface area (Å²) in [5, 5.41) is 12.3. The van der Waals surface area contributed by atoms with Crippen LogP contribution in [-0.2, 0) is 9.59 Å². The third kappa shape index (κ3) is 3.65. The van der Waals surface area contributed by atoms with Gasteiger partial charge in [0.05, 0.1) is 17.6 Å². The predicted molar refractivity (Wildman–Crippen MR) is 96.4 cm³/mol. The molecular formula is C19H16ClN3O2. The zero-order chi connectivity index (χ0) is 18.0. The highest BCUT2D eigenvalue weighted by Gasteiger charge is 2.35. The van der Waals surface area contributed by atoms with Crippen molar-refractivity contribution in [1.29, 1.82) is 5.26 Å². The van der Waals surface area contributed by atoms with Crippen LogP contribution in [0.3, 0.4) is 0 Å². The van der Waals surface area contributed by atoms with Crippen molar-refractivity contribution < 1.29 is 9.59 Å². The number of nitriles is 1. The molecule has 1 aliphatic heterocycles. The molecule has 2 amide bonds. The summed E-state index contributed by atoms with van der Waals surface area (Å²) in [6, 6.07) is 14.1. The Hall–Kier alpha value is -2.84. The third-order valence-corrected chi connectivity index (χ3v) is 4.50. The van der Waals surface area contributed by atoms with Gasteiger partial charge in [-0.3, -0.25) is 9.59 Å². The van der Waals surface area contributed by atoms with Crippen molar-refractivity contribution in [3.05, 3.63) is 58.6 Å². The second-order valence-corrected chi connectivity index (χ2v) is 6.45. The topological polar surface area (TPSA) is 73.2 Å². The molecule has 1 fully saturated rings. The van der Waals surface area contributed by atoms with E-state index < -0.39 is 5.92 Å². The molecule has 1 saturated heterocycles. The lowest BCUT2D eigenvalue weighted by molar-refractivity contribution is -0.122. The number of nitrogens with zero attached hydrogens (tertiary/aromatic N) is 2. The van der Waals surface area contributed by atoms with Crippen LogP contribution in [0.25, 0.3) is 0 Å². The number of anilines is 2. The Morgan fingerprint density at radius 2 is 2.00 bits per heavy atom. The molecule has 1 aliphatic rings. The summed E-state index contributed by atoms with van der Waals surface area (Å²) < 4.78 is 0. The molecule has 0 spiro atoms. The number of aryl methyl sites for hydroxylation is 1. The summed E-state index contributed by atoms with van der Waals surface area (Å²) in [5.41, 5.74) is 2.78. The van der Waals surface area contributed by atoms with E-state index in [0.29, 0.717) is 28.5 Å². The molecule has 1 heterocycles. The van der Waals surface area contributed by atoms with E-state index in [1.807, 2.05) is 19.1 Å².